The van der Waals surface area contributed by atoms with E-state index in [0.717, 1.165) is 0 Å². The van der Waals surface area contributed by atoms with Crippen molar-refractivity contribution in [1.29, 1.82) is 10.8 Å². The SMILES string of the molecule is N#N.O=C=O.O=O.O=[N+]([O-])c1ccccc1Cl.[Ar]. The molecule has 0 atom stereocenters. The summed E-state index contributed by atoms with van der Waals surface area (Å²) in [7, 11) is 0. The van der Waals surface area contributed by atoms with Gasteiger partial charge in [0.2, 0.25) is 0 Å². The third kappa shape index (κ3) is 14.6. The van der Waals surface area contributed by atoms with Crippen molar-refractivity contribution in [2.75, 3.05) is 0 Å². The minimum absolute atomic E-state index is 0. The third-order valence-corrected chi connectivity index (χ3v) is 1.37. The largest absolute Gasteiger partial charge is 0.373 e. The molecule has 9 nitrogen and oxygen atoms in total. The van der Waals surface area contributed by atoms with Crippen LogP contribution >= 0.6 is 11.6 Å². The zero-order valence-corrected chi connectivity index (χ0v) is 9.80. The summed E-state index contributed by atoms with van der Waals surface area (Å²) in [6.07, 6.45) is 0.250. The van der Waals surface area contributed by atoms with Crippen molar-refractivity contribution in [3.05, 3.63) is 49.3 Å². The molecule has 1 aromatic carbocycles. The number of halogens is 1. The van der Waals surface area contributed by atoms with Crippen LogP contribution in [0, 0.1) is 68.6 Å². The maximum absolute atomic E-state index is 10.1. The van der Waals surface area contributed by atoms with Gasteiger partial charge in [-0.1, -0.05) is 23.7 Å². The fourth-order valence-corrected chi connectivity index (χ4v) is 0.805. The third-order valence-electron chi connectivity index (χ3n) is 1.05. The first-order chi connectivity index (χ1) is 8.13. The van der Waals surface area contributed by atoms with Gasteiger partial charge in [-0.05, 0) is 6.07 Å². The molecular formula is C7H4ArClN3O6. The molecule has 98 valence electrons. The maximum Gasteiger partial charge on any atom is 0.373 e. The molecule has 0 saturated heterocycles. The number of hydrogen-bond acceptors (Lipinski definition) is 8. The standard InChI is InChI=1S/C6H4ClNO2.CO2.Ar.N2.O2/c7-5-3-1-2-4-6(5)8(9)10;2-1-3;;2*1-2/h1-4H;;;;. The second-order valence-corrected chi connectivity index (χ2v) is 2.20. The summed E-state index contributed by atoms with van der Waals surface area (Å²) in [6, 6.07) is 6.07. The van der Waals surface area contributed by atoms with Gasteiger partial charge in [-0.2, -0.15) is 9.59 Å². The quantitative estimate of drug-likeness (QED) is 0.430. The van der Waals surface area contributed by atoms with Crippen LogP contribution in [0.3, 0.4) is 0 Å². The van der Waals surface area contributed by atoms with Crippen molar-refractivity contribution in [3.8, 4) is 0 Å². The van der Waals surface area contributed by atoms with Crippen molar-refractivity contribution in [2.24, 2.45) is 0 Å². The van der Waals surface area contributed by atoms with Crippen molar-refractivity contribution < 1.29 is 52.3 Å². The van der Waals surface area contributed by atoms with Gasteiger partial charge in [0.25, 0.3) is 5.69 Å². The van der Waals surface area contributed by atoms with Crippen LogP contribution in [0.25, 0.3) is 0 Å². The van der Waals surface area contributed by atoms with Crippen LogP contribution in [0.2, 0.25) is 5.02 Å². The van der Waals surface area contributed by atoms with Crippen LogP contribution in [0.15, 0.2) is 24.3 Å². The molecule has 1 aromatic rings. The zero-order valence-electron chi connectivity index (χ0n) is 8.33. The molecule has 0 bridgehead atoms. The summed E-state index contributed by atoms with van der Waals surface area (Å²) in [5.74, 6) is 0. The summed E-state index contributed by atoms with van der Waals surface area (Å²) in [4.78, 5) is 39.9. The van der Waals surface area contributed by atoms with Crippen LogP contribution in [0.4, 0.5) is 5.69 Å². The van der Waals surface area contributed by atoms with Crippen LogP contribution in [-0.2, 0) is 9.59 Å². The molecule has 0 aliphatic carbocycles. The molecule has 11 heteroatoms. The van der Waals surface area contributed by atoms with Gasteiger partial charge in [0.05, 0.1) is 4.92 Å². The molecule has 18 heavy (non-hydrogen) atoms. The van der Waals surface area contributed by atoms with E-state index in [1.807, 2.05) is 0 Å². The summed E-state index contributed by atoms with van der Waals surface area (Å²) in [6.45, 7) is 0. The summed E-state index contributed by atoms with van der Waals surface area (Å²) in [5.41, 5.74) is -0.0517. The van der Waals surface area contributed by atoms with Crippen LogP contribution in [0.1, 0.15) is 0 Å². The Morgan fingerprint density at radius 1 is 1.17 bits per heavy atom. The van der Waals surface area contributed by atoms with E-state index in [0.29, 0.717) is 0 Å². The molecule has 0 aliphatic rings. The minimum Gasteiger partial charge on any atom is -0.258 e. The van der Waals surface area contributed by atoms with Gasteiger partial charge in [0.15, 0.2) is 0 Å². The number of nitrogens with zero attached hydrogens (tertiary/aromatic N) is 3. The number of carbonyl (C=O) groups excluding carboxylic acids is 2. The van der Waals surface area contributed by atoms with E-state index in [-0.39, 0.29) is 54.6 Å². The Labute approximate surface area is 135 Å². The van der Waals surface area contributed by atoms with E-state index in [1.54, 1.807) is 12.1 Å². The Bertz CT molecular complexity index is 396. The minimum atomic E-state index is -0.512. The fourth-order valence-electron chi connectivity index (χ4n) is 0.600. The molecule has 0 spiro atoms. The van der Waals surface area contributed by atoms with E-state index < -0.39 is 4.92 Å². The number of para-hydroxylation sites is 1. The van der Waals surface area contributed by atoms with Gasteiger partial charge in [0.1, 0.15) is 5.02 Å². The second-order valence-electron chi connectivity index (χ2n) is 1.79. The molecule has 0 amide bonds. The first-order valence-electron chi connectivity index (χ1n) is 3.38. The fraction of sp³-hybridized carbons (Fsp3) is 0. The van der Waals surface area contributed by atoms with Crippen molar-refractivity contribution >= 4 is 23.4 Å². The van der Waals surface area contributed by atoms with E-state index in [2.05, 4.69) is 0 Å². The summed E-state index contributed by atoms with van der Waals surface area (Å²) in [5, 5.41) is 22.3. The van der Waals surface area contributed by atoms with Crippen molar-refractivity contribution in [2.45, 2.75) is 0 Å². The van der Waals surface area contributed by atoms with E-state index in [9.17, 15) is 10.1 Å². The normalized spacial score (nSPS) is 5.94. The average Bonchev–Trinajstić information content (AvgIpc) is 2.35. The average molecular weight is 302 g/mol. The first kappa shape index (κ1) is 25.4. The molecule has 0 unspecified atom stereocenters. The Balaban J connectivity index is -0.000000106. The molecule has 0 fully saturated rings. The monoisotopic (exact) mass is 301 g/mol. The topological polar surface area (TPSA) is 159 Å². The van der Waals surface area contributed by atoms with Crippen molar-refractivity contribution in [3.63, 3.8) is 0 Å². The van der Waals surface area contributed by atoms with Gasteiger partial charge >= 0.3 is 6.15 Å². The molecule has 1 rings (SSSR count). The first-order valence-corrected chi connectivity index (χ1v) is 3.76. The predicted octanol–water partition coefficient (Wildman–Crippen LogP) is 1.76. The van der Waals surface area contributed by atoms with Gasteiger partial charge < -0.3 is 0 Å². The summed E-state index contributed by atoms with van der Waals surface area (Å²) >= 11 is 5.48. The van der Waals surface area contributed by atoms with Gasteiger partial charge in [-0.25, -0.2) is 0 Å². The molecular weight excluding hydrogens is 297 g/mol. The van der Waals surface area contributed by atoms with Crippen LogP contribution in [-0.4, -0.2) is 11.1 Å². The Morgan fingerprint density at radius 3 is 1.72 bits per heavy atom. The Kier molecular flexibility index (Phi) is 29.5. The molecule has 0 heterocycles. The molecule has 0 aromatic heterocycles. The molecule has 0 saturated carbocycles. The number of hydrogen-bond donors (Lipinski definition) is 0. The van der Waals surface area contributed by atoms with Gasteiger partial charge in [-0.3, -0.25) is 10.1 Å². The maximum atomic E-state index is 10.1. The van der Waals surface area contributed by atoms with E-state index >= 15 is 0 Å². The smallest absolute Gasteiger partial charge is 0.258 e. The zero-order chi connectivity index (χ0) is 14.3. The number of rotatable bonds is 1. The predicted molar refractivity (Wildman–Crippen MR) is 53.3 cm³/mol. The Morgan fingerprint density at radius 2 is 1.50 bits per heavy atom. The van der Waals surface area contributed by atoms with Crippen LogP contribution < -0.4 is 0 Å². The van der Waals surface area contributed by atoms with Crippen LogP contribution in [0.5, 0.6) is 0 Å². The second kappa shape index (κ2) is 20.9. The number of nitro benzene ring substituents is 1. The summed E-state index contributed by atoms with van der Waals surface area (Å²) < 4.78 is 0. The molecule has 0 N–H and O–H groups in total. The van der Waals surface area contributed by atoms with Gasteiger partial charge in [0, 0.05) is 64.5 Å². The van der Waals surface area contributed by atoms with Gasteiger partial charge in [-0.15, -0.1) is 0 Å². The number of benzene rings is 1. The van der Waals surface area contributed by atoms with E-state index in [4.69, 9.17) is 41.9 Å². The number of nitro groups is 1. The Hall–Kier alpha value is -1.43. The molecule has 0 radical (unpaired) electrons. The van der Waals surface area contributed by atoms with E-state index in [1.165, 1.54) is 12.1 Å². The molecule has 0 aliphatic heterocycles. The van der Waals surface area contributed by atoms with Crippen molar-refractivity contribution in [1.82, 2.24) is 0 Å².